The smallest absolute Gasteiger partial charge is 0.255 e. The molecule has 3 rings (SSSR count). The summed E-state index contributed by atoms with van der Waals surface area (Å²) < 4.78 is 27.1. The molecule has 0 aliphatic rings. The molecule has 2 amide bonds. The molecule has 33 heavy (non-hydrogen) atoms. The van der Waals surface area contributed by atoms with Crippen LogP contribution in [0.25, 0.3) is 0 Å². The number of benzene rings is 3. The van der Waals surface area contributed by atoms with Gasteiger partial charge in [0.15, 0.2) is 0 Å². The number of hydrogen-bond donors (Lipinski definition) is 1. The van der Waals surface area contributed by atoms with Crippen LogP contribution in [0.3, 0.4) is 0 Å². The average Bonchev–Trinajstić information content (AvgIpc) is 2.78. The average molecular weight is 452 g/mol. The molecule has 0 heterocycles. The number of halogens is 2. The second-order valence-corrected chi connectivity index (χ2v) is 7.94. The first-order chi connectivity index (χ1) is 15.8. The Morgan fingerprint density at radius 2 is 1.58 bits per heavy atom. The van der Waals surface area contributed by atoms with Gasteiger partial charge in [0.1, 0.15) is 11.6 Å². The number of hydrogen-bond acceptors (Lipinski definition) is 3. The number of carbonyl (C=O) groups is 2. The predicted molar refractivity (Wildman–Crippen MR) is 126 cm³/mol. The second kappa shape index (κ2) is 10.7. The van der Waals surface area contributed by atoms with E-state index in [9.17, 15) is 18.4 Å². The van der Waals surface area contributed by atoms with Gasteiger partial charge in [-0.3, -0.25) is 9.59 Å². The maximum Gasteiger partial charge on any atom is 0.255 e. The Labute approximate surface area is 192 Å². The highest BCUT2D eigenvalue weighted by molar-refractivity contribution is 6.04. The lowest BCUT2D eigenvalue weighted by Crippen LogP contribution is -2.30. The van der Waals surface area contributed by atoms with Gasteiger partial charge in [-0.15, -0.1) is 0 Å². The molecule has 1 N–H and O–H groups in total. The van der Waals surface area contributed by atoms with Crippen molar-refractivity contribution in [3.63, 3.8) is 0 Å². The van der Waals surface area contributed by atoms with Crippen LogP contribution in [0, 0.1) is 11.6 Å². The van der Waals surface area contributed by atoms with E-state index in [1.807, 2.05) is 25.1 Å². The van der Waals surface area contributed by atoms with Gasteiger partial charge in [-0.05, 0) is 59.7 Å². The summed E-state index contributed by atoms with van der Waals surface area (Å²) >= 11 is 0. The predicted octanol–water partition coefficient (Wildman–Crippen LogP) is 5.22. The molecular weight excluding hydrogens is 424 g/mol. The van der Waals surface area contributed by atoms with Crippen LogP contribution in [-0.4, -0.2) is 30.8 Å². The van der Waals surface area contributed by atoms with Gasteiger partial charge in [-0.25, -0.2) is 8.78 Å². The Hall–Kier alpha value is -3.74. The quantitative estimate of drug-likeness (QED) is 0.511. The van der Waals surface area contributed by atoms with Crippen LogP contribution in [0.15, 0.2) is 66.7 Å². The van der Waals surface area contributed by atoms with Crippen molar-refractivity contribution in [2.75, 3.05) is 24.3 Å². The summed E-state index contributed by atoms with van der Waals surface area (Å²) in [5.41, 5.74) is 3.13. The van der Waals surface area contributed by atoms with Crippen LogP contribution >= 0.6 is 0 Å². The maximum absolute atomic E-state index is 13.7. The lowest BCUT2D eigenvalue weighted by molar-refractivity contribution is -0.132. The molecule has 172 valence electrons. The van der Waals surface area contributed by atoms with Crippen molar-refractivity contribution in [2.45, 2.75) is 26.4 Å². The van der Waals surface area contributed by atoms with Gasteiger partial charge in [-0.1, -0.05) is 25.1 Å². The van der Waals surface area contributed by atoms with Crippen LogP contribution < -0.4 is 10.2 Å². The molecule has 0 aliphatic heterocycles. The Bertz CT molecular complexity index is 1150. The minimum absolute atomic E-state index is 0.0711. The second-order valence-electron chi connectivity index (χ2n) is 7.94. The molecular formula is C26H27F2N3O2. The van der Waals surface area contributed by atoms with E-state index >= 15 is 0 Å². The van der Waals surface area contributed by atoms with Gasteiger partial charge in [0.25, 0.3) is 5.91 Å². The Morgan fingerprint density at radius 3 is 2.21 bits per heavy atom. The summed E-state index contributed by atoms with van der Waals surface area (Å²) in [7, 11) is 3.78. The zero-order chi connectivity index (χ0) is 24.0. The first kappa shape index (κ1) is 23.9. The maximum atomic E-state index is 13.7. The Kier molecular flexibility index (Phi) is 7.77. The molecule has 0 bridgehead atoms. The molecule has 0 saturated heterocycles. The first-order valence-corrected chi connectivity index (χ1v) is 10.7. The van der Waals surface area contributed by atoms with Crippen molar-refractivity contribution in [2.24, 2.45) is 0 Å². The summed E-state index contributed by atoms with van der Waals surface area (Å²) in [6.45, 7) is 2.32. The van der Waals surface area contributed by atoms with Crippen LogP contribution in [0.1, 0.15) is 34.8 Å². The largest absolute Gasteiger partial charge is 0.377 e. The highest BCUT2D eigenvalue weighted by Gasteiger charge is 2.17. The van der Waals surface area contributed by atoms with E-state index in [0.29, 0.717) is 17.7 Å². The number of amides is 2. The van der Waals surface area contributed by atoms with Crippen molar-refractivity contribution in [1.82, 2.24) is 4.90 Å². The fraction of sp³-hybridized carbons (Fsp3) is 0.231. The lowest BCUT2D eigenvalue weighted by atomic mass is 10.1. The third-order valence-corrected chi connectivity index (χ3v) is 5.18. The van der Waals surface area contributed by atoms with Crippen LogP contribution in [0.2, 0.25) is 0 Å². The van der Waals surface area contributed by atoms with E-state index in [0.717, 1.165) is 11.3 Å². The molecule has 0 saturated carbocycles. The Balaban J connectivity index is 1.88. The Morgan fingerprint density at radius 1 is 0.879 bits per heavy atom. The summed E-state index contributed by atoms with van der Waals surface area (Å²) in [5, 5.41) is 2.79. The summed E-state index contributed by atoms with van der Waals surface area (Å²) in [6, 6.07) is 17.1. The molecule has 0 unspecified atom stereocenters. The van der Waals surface area contributed by atoms with Crippen molar-refractivity contribution in [3.05, 3.63) is 95.1 Å². The molecule has 3 aromatic carbocycles. The van der Waals surface area contributed by atoms with Crippen LogP contribution in [0.5, 0.6) is 0 Å². The van der Waals surface area contributed by atoms with Gasteiger partial charge < -0.3 is 15.1 Å². The van der Waals surface area contributed by atoms with E-state index in [1.54, 1.807) is 36.1 Å². The molecule has 0 atom stereocenters. The van der Waals surface area contributed by atoms with E-state index in [2.05, 4.69) is 5.32 Å². The third kappa shape index (κ3) is 6.38. The van der Waals surface area contributed by atoms with Gasteiger partial charge in [0.2, 0.25) is 5.91 Å². The molecule has 0 aromatic heterocycles. The van der Waals surface area contributed by atoms with Crippen molar-refractivity contribution < 1.29 is 18.4 Å². The van der Waals surface area contributed by atoms with E-state index < -0.39 is 11.7 Å². The van der Waals surface area contributed by atoms with Crippen LogP contribution in [0.4, 0.5) is 20.2 Å². The minimum atomic E-state index is -0.489. The minimum Gasteiger partial charge on any atom is -0.377 e. The SMILES string of the molecule is CCC(=O)N(Cc1cccc(F)c1)Cc1cc(NC(=O)c2cccc(F)c2)ccc1N(C)C. The number of carbonyl (C=O) groups excluding carboxylic acids is 2. The third-order valence-electron chi connectivity index (χ3n) is 5.18. The van der Waals surface area contributed by atoms with Crippen molar-refractivity contribution >= 4 is 23.2 Å². The number of rotatable bonds is 8. The summed E-state index contributed by atoms with van der Waals surface area (Å²) in [4.78, 5) is 28.8. The molecule has 5 nitrogen and oxygen atoms in total. The molecule has 0 spiro atoms. The lowest BCUT2D eigenvalue weighted by Gasteiger charge is -2.26. The standard InChI is InChI=1S/C26H27F2N3O2/c1-4-25(32)31(16-18-7-5-9-21(27)13-18)17-20-15-23(11-12-24(20)30(2)3)29-26(33)19-8-6-10-22(28)14-19/h5-15H,4,16-17H2,1-3H3,(H,29,33). The van der Waals surface area contributed by atoms with E-state index in [4.69, 9.17) is 0 Å². The first-order valence-electron chi connectivity index (χ1n) is 10.7. The fourth-order valence-corrected chi connectivity index (χ4v) is 3.58. The molecule has 0 radical (unpaired) electrons. The number of nitrogens with one attached hydrogen (secondary N) is 1. The zero-order valence-electron chi connectivity index (χ0n) is 18.9. The summed E-state index contributed by atoms with van der Waals surface area (Å²) in [5.74, 6) is -1.35. The highest BCUT2D eigenvalue weighted by Crippen LogP contribution is 2.26. The monoisotopic (exact) mass is 451 g/mol. The number of anilines is 2. The topological polar surface area (TPSA) is 52.7 Å². The fourth-order valence-electron chi connectivity index (χ4n) is 3.58. The van der Waals surface area contributed by atoms with Crippen molar-refractivity contribution in [3.8, 4) is 0 Å². The molecule has 0 aliphatic carbocycles. The molecule has 7 heteroatoms. The van der Waals surface area contributed by atoms with Gasteiger partial charge >= 0.3 is 0 Å². The zero-order valence-corrected chi connectivity index (χ0v) is 18.9. The van der Waals surface area contributed by atoms with Gasteiger partial charge in [0.05, 0.1) is 0 Å². The number of nitrogens with zero attached hydrogens (tertiary/aromatic N) is 2. The normalized spacial score (nSPS) is 10.6. The molecule has 0 fully saturated rings. The summed E-state index contributed by atoms with van der Waals surface area (Å²) in [6.07, 6.45) is 0.308. The van der Waals surface area contributed by atoms with E-state index in [-0.39, 0.29) is 30.4 Å². The van der Waals surface area contributed by atoms with Crippen molar-refractivity contribution in [1.29, 1.82) is 0 Å². The highest BCUT2D eigenvalue weighted by atomic mass is 19.1. The molecule has 3 aromatic rings. The van der Waals surface area contributed by atoms with Crippen LogP contribution in [-0.2, 0) is 17.9 Å². The van der Waals surface area contributed by atoms with Gasteiger partial charge in [0, 0.05) is 50.5 Å². The van der Waals surface area contributed by atoms with Gasteiger partial charge in [-0.2, -0.15) is 0 Å². The van der Waals surface area contributed by atoms with E-state index in [1.165, 1.54) is 36.4 Å².